The largest absolute Gasteiger partial charge is 0.442 e. The first-order valence-corrected chi connectivity index (χ1v) is 9.37. The van der Waals surface area contributed by atoms with Crippen molar-refractivity contribution in [2.24, 2.45) is 0 Å². The first kappa shape index (κ1) is 18.5. The molecule has 0 bridgehead atoms. The predicted molar refractivity (Wildman–Crippen MR) is 104 cm³/mol. The number of benzene rings is 1. The molecule has 3 heterocycles. The Morgan fingerprint density at radius 1 is 1.17 bits per heavy atom. The van der Waals surface area contributed by atoms with Crippen LogP contribution in [0, 0.1) is 22.7 Å². The second-order valence-corrected chi connectivity index (χ2v) is 6.99. The molecule has 0 aliphatic carbocycles. The Labute approximate surface area is 168 Å². The van der Waals surface area contributed by atoms with Gasteiger partial charge >= 0.3 is 6.09 Å². The second-order valence-electron chi connectivity index (χ2n) is 6.99. The van der Waals surface area contributed by atoms with Crippen molar-refractivity contribution in [1.82, 2.24) is 15.0 Å². The second kappa shape index (κ2) is 8.03. The van der Waals surface area contributed by atoms with E-state index in [1.807, 2.05) is 30.3 Å². The summed E-state index contributed by atoms with van der Waals surface area (Å²) in [5, 5.41) is 25.2. The number of cyclic esters (lactones) is 1. The Kier molecular flexibility index (Phi) is 5.12. The number of piperidine rings is 1. The topological polar surface area (TPSA) is 111 Å². The van der Waals surface area contributed by atoms with Gasteiger partial charge in [-0.3, -0.25) is 4.90 Å². The molecule has 1 aromatic carbocycles. The van der Waals surface area contributed by atoms with Gasteiger partial charge in [0.25, 0.3) is 0 Å². The molecule has 9 heteroatoms. The van der Waals surface area contributed by atoms with Gasteiger partial charge in [-0.2, -0.15) is 10.5 Å². The van der Waals surface area contributed by atoms with Crippen LogP contribution in [0.25, 0.3) is 0 Å². The van der Waals surface area contributed by atoms with E-state index in [1.54, 1.807) is 11.0 Å². The Bertz CT molecular complexity index is 1000. The predicted octanol–water partition coefficient (Wildman–Crippen LogP) is 2.23. The molecule has 0 unspecified atom stereocenters. The smallest absolute Gasteiger partial charge is 0.414 e. The van der Waals surface area contributed by atoms with Gasteiger partial charge in [0, 0.05) is 30.5 Å². The fourth-order valence-electron chi connectivity index (χ4n) is 3.61. The molecule has 1 amide bonds. The normalized spacial score (nSPS) is 18.9. The molecule has 2 aliphatic heterocycles. The molecule has 9 nitrogen and oxygen atoms in total. The van der Waals surface area contributed by atoms with E-state index in [0.717, 1.165) is 37.3 Å². The van der Waals surface area contributed by atoms with Gasteiger partial charge in [0.1, 0.15) is 12.2 Å². The average Bonchev–Trinajstić information content (AvgIpc) is 3.35. The number of anilines is 2. The van der Waals surface area contributed by atoms with Crippen LogP contribution in [0.5, 0.6) is 0 Å². The van der Waals surface area contributed by atoms with Crippen LogP contribution in [-0.4, -0.2) is 46.8 Å². The average molecular weight is 389 g/mol. The lowest BCUT2D eigenvalue weighted by atomic mass is 10.0. The lowest BCUT2D eigenvalue weighted by Crippen LogP contribution is -2.30. The van der Waals surface area contributed by atoms with Crippen LogP contribution < -0.4 is 9.80 Å². The molecule has 2 fully saturated rings. The van der Waals surface area contributed by atoms with E-state index < -0.39 is 6.09 Å². The van der Waals surface area contributed by atoms with E-state index in [1.165, 1.54) is 16.5 Å². The fraction of sp³-hybridized carbons (Fsp3) is 0.350. The highest BCUT2D eigenvalue weighted by Crippen LogP contribution is 2.27. The maximum absolute atomic E-state index is 12.3. The molecule has 29 heavy (non-hydrogen) atoms. The van der Waals surface area contributed by atoms with E-state index in [0.29, 0.717) is 13.1 Å². The van der Waals surface area contributed by atoms with Crippen molar-refractivity contribution in [2.45, 2.75) is 25.5 Å². The zero-order valence-electron chi connectivity index (χ0n) is 15.7. The minimum Gasteiger partial charge on any atom is -0.442 e. The molecule has 2 aromatic rings. The summed E-state index contributed by atoms with van der Waals surface area (Å²) in [7, 11) is 0. The number of aromatic nitrogens is 3. The molecule has 1 aromatic heterocycles. The molecule has 0 saturated carbocycles. The minimum atomic E-state index is -0.396. The van der Waals surface area contributed by atoms with Crippen molar-refractivity contribution in [3.05, 3.63) is 47.8 Å². The Morgan fingerprint density at radius 3 is 2.55 bits per heavy atom. The van der Waals surface area contributed by atoms with Gasteiger partial charge in [0.15, 0.2) is 5.69 Å². The summed E-state index contributed by atoms with van der Waals surface area (Å²) in [6, 6.07) is 11.9. The van der Waals surface area contributed by atoms with Gasteiger partial charge in [0.05, 0.1) is 25.4 Å². The van der Waals surface area contributed by atoms with Crippen LogP contribution >= 0.6 is 0 Å². The van der Waals surface area contributed by atoms with Crippen LogP contribution in [0.2, 0.25) is 0 Å². The van der Waals surface area contributed by atoms with Gasteiger partial charge in [-0.05, 0) is 37.1 Å². The number of hydrogen-bond acceptors (Lipinski definition) is 7. The Morgan fingerprint density at radius 2 is 1.90 bits per heavy atom. The van der Waals surface area contributed by atoms with Crippen LogP contribution in [0.4, 0.5) is 16.2 Å². The first-order chi connectivity index (χ1) is 14.2. The molecule has 0 N–H and O–H groups in total. The number of carbonyl (C=O) groups excluding carboxylic acids is 1. The lowest BCUT2D eigenvalue weighted by Gasteiger charge is -2.30. The SMILES string of the molecule is N#CC=C1CCN(c2ccc(N3C[C@H](Cn4cc(C#N)nn4)OC3=O)cc2)CC1. The summed E-state index contributed by atoms with van der Waals surface area (Å²) in [6.07, 6.45) is 4.21. The molecule has 2 aliphatic rings. The molecule has 1 atom stereocenters. The van der Waals surface area contributed by atoms with E-state index in [-0.39, 0.29) is 11.8 Å². The van der Waals surface area contributed by atoms with Crippen molar-refractivity contribution in [3.63, 3.8) is 0 Å². The van der Waals surface area contributed by atoms with Gasteiger partial charge in [-0.25, -0.2) is 9.48 Å². The summed E-state index contributed by atoms with van der Waals surface area (Å²) < 4.78 is 6.94. The monoisotopic (exact) mass is 389 g/mol. The molecule has 0 spiro atoms. The van der Waals surface area contributed by atoms with Crippen molar-refractivity contribution in [1.29, 1.82) is 10.5 Å². The molecular formula is C20H19N7O2. The van der Waals surface area contributed by atoms with E-state index in [2.05, 4.69) is 21.3 Å². The fourth-order valence-corrected chi connectivity index (χ4v) is 3.61. The number of hydrogen-bond donors (Lipinski definition) is 0. The molecular weight excluding hydrogens is 370 g/mol. The maximum Gasteiger partial charge on any atom is 0.414 e. The standard InChI is InChI=1S/C20H19N7O2/c21-8-5-15-6-9-25(10-7-15)17-1-3-18(4-2-17)27-14-19(29-20(27)28)13-26-12-16(11-22)23-24-26/h1-5,12,19H,6-7,9-10,13-14H2/t19-/m0/s1. The zero-order valence-corrected chi connectivity index (χ0v) is 15.7. The van der Waals surface area contributed by atoms with Crippen LogP contribution in [0.15, 0.2) is 42.1 Å². The molecule has 4 rings (SSSR count). The van der Waals surface area contributed by atoms with Gasteiger partial charge in [-0.15, -0.1) is 5.10 Å². The van der Waals surface area contributed by atoms with Crippen molar-refractivity contribution in [3.8, 4) is 12.1 Å². The molecule has 2 saturated heterocycles. The highest BCUT2D eigenvalue weighted by atomic mass is 16.6. The summed E-state index contributed by atoms with van der Waals surface area (Å²) in [6.45, 7) is 2.51. The Hall–Kier alpha value is -3.85. The number of amides is 1. The van der Waals surface area contributed by atoms with Crippen molar-refractivity contribution in [2.75, 3.05) is 29.4 Å². The third-order valence-electron chi connectivity index (χ3n) is 5.12. The number of nitriles is 2. The van der Waals surface area contributed by atoms with Crippen molar-refractivity contribution < 1.29 is 9.53 Å². The Balaban J connectivity index is 1.38. The summed E-state index contributed by atoms with van der Waals surface area (Å²) >= 11 is 0. The first-order valence-electron chi connectivity index (χ1n) is 9.37. The number of ether oxygens (including phenoxy) is 1. The van der Waals surface area contributed by atoms with E-state index >= 15 is 0 Å². The lowest BCUT2D eigenvalue weighted by molar-refractivity contribution is 0.129. The van der Waals surface area contributed by atoms with Gasteiger partial charge < -0.3 is 9.64 Å². The number of rotatable bonds is 4. The van der Waals surface area contributed by atoms with Crippen LogP contribution in [0.3, 0.4) is 0 Å². The van der Waals surface area contributed by atoms with Crippen LogP contribution in [0.1, 0.15) is 18.5 Å². The van der Waals surface area contributed by atoms with E-state index in [4.69, 9.17) is 15.3 Å². The van der Waals surface area contributed by atoms with Crippen molar-refractivity contribution >= 4 is 17.5 Å². The highest BCUT2D eigenvalue weighted by Gasteiger charge is 2.33. The molecule has 0 radical (unpaired) electrons. The summed E-state index contributed by atoms with van der Waals surface area (Å²) in [4.78, 5) is 16.2. The number of carbonyl (C=O) groups is 1. The summed E-state index contributed by atoms with van der Waals surface area (Å²) in [5.41, 5.74) is 3.30. The van der Waals surface area contributed by atoms with Gasteiger partial charge in [0.2, 0.25) is 0 Å². The van der Waals surface area contributed by atoms with Crippen LogP contribution in [-0.2, 0) is 11.3 Å². The maximum atomic E-state index is 12.3. The molecule has 146 valence electrons. The number of nitrogens with zero attached hydrogens (tertiary/aromatic N) is 7. The third-order valence-corrected chi connectivity index (χ3v) is 5.12. The number of allylic oxidation sites excluding steroid dienone is 1. The quantitative estimate of drug-likeness (QED) is 0.737. The third kappa shape index (κ3) is 4.04. The van der Waals surface area contributed by atoms with E-state index in [9.17, 15) is 4.79 Å². The zero-order chi connectivity index (χ0) is 20.2. The highest BCUT2D eigenvalue weighted by molar-refractivity contribution is 5.90. The summed E-state index contributed by atoms with van der Waals surface area (Å²) in [5.74, 6) is 0. The minimum absolute atomic E-state index is 0.231. The van der Waals surface area contributed by atoms with Gasteiger partial charge in [-0.1, -0.05) is 10.8 Å².